The van der Waals surface area contributed by atoms with Gasteiger partial charge < -0.3 is 5.32 Å². The SMILES string of the molecule is CC(C)(C)NC(=O)N1CCc2cc(F)ccc21. The zero-order valence-electron chi connectivity index (χ0n) is 10.4. The smallest absolute Gasteiger partial charge is 0.322 e. The highest BCUT2D eigenvalue weighted by atomic mass is 19.1. The zero-order valence-corrected chi connectivity index (χ0v) is 10.4. The molecule has 0 atom stereocenters. The molecule has 0 saturated heterocycles. The Bertz CT molecular complexity index is 451. The van der Waals surface area contributed by atoms with E-state index in [2.05, 4.69) is 5.32 Å². The summed E-state index contributed by atoms with van der Waals surface area (Å²) >= 11 is 0. The molecule has 2 rings (SSSR count). The second-order valence-corrected chi connectivity index (χ2v) is 5.35. The van der Waals surface area contributed by atoms with Crippen LogP contribution in [0, 0.1) is 5.82 Å². The Balaban J connectivity index is 2.20. The molecule has 1 N–H and O–H groups in total. The maximum absolute atomic E-state index is 13.0. The second-order valence-electron chi connectivity index (χ2n) is 5.35. The summed E-state index contributed by atoms with van der Waals surface area (Å²) in [5.74, 6) is -0.248. The molecule has 0 fully saturated rings. The maximum atomic E-state index is 13.0. The summed E-state index contributed by atoms with van der Waals surface area (Å²) in [5.41, 5.74) is 1.45. The third-order valence-electron chi connectivity index (χ3n) is 2.66. The number of carbonyl (C=O) groups excluding carboxylic acids is 1. The summed E-state index contributed by atoms with van der Waals surface area (Å²) in [6.45, 7) is 6.42. The first-order chi connectivity index (χ1) is 7.87. The van der Waals surface area contributed by atoms with E-state index < -0.39 is 0 Å². The van der Waals surface area contributed by atoms with Crippen molar-refractivity contribution in [3.63, 3.8) is 0 Å². The van der Waals surface area contributed by atoms with Gasteiger partial charge in [-0.25, -0.2) is 9.18 Å². The summed E-state index contributed by atoms with van der Waals surface area (Å²) in [7, 11) is 0. The number of hydrogen-bond donors (Lipinski definition) is 1. The predicted octanol–water partition coefficient (Wildman–Crippen LogP) is 2.70. The molecular formula is C13H17FN2O. The minimum atomic E-state index is -0.264. The van der Waals surface area contributed by atoms with E-state index in [1.807, 2.05) is 20.8 Å². The first kappa shape index (κ1) is 11.9. The molecule has 0 saturated carbocycles. The van der Waals surface area contributed by atoms with Crippen LogP contribution in [0.2, 0.25) is 0 Å². The summed E-state index contributed by atoms with van der Waals surface area (Å²) in [4.78, 5) is 13.7. The Hall–Kier alpha value is -1.58. The minimum Gasteiger partial charge on any atom is -0.333 e. The molecule has 17 heavy (non-hydrogen) atoms. The van der Waals surface area contributed by atoms with Crippen molar-refractivity contribution in [1.29, 1.82) is 0 Å². The molecule has 1 heterocycles. The highest BCUT2D eigenvalue weighted by molar-refractivity contribution is 5.94. The Morgan fingerprint density at radius 1 is 1.41 bits per heavy atom. The number of nitrogens with one attached hydrogen (secondary N) is 1. The number of anilines is 1. The monoisotopic (exact) mass is 236 g/mol. The van der Waals surface area contributed by atoms with E-state index >= 15 is 0 Å². The molecule has 0 spiro atoms. The van der Waals surface area contributed by atoms with Crippen molar-refractivity contribution in [2.75, 3.05) is 11.4 Å². The van der Waals surface area contributed by atoms with Crippen molar-refractivity contribution in [3.8, 4) is 0 Å². The molecular weight excluding hydrogens is 219 g/mol. The number of urea groups is 1. The van der Waals surface area contributed by atoms with Crippen LogP contribution in [0.3, 0.4) is 0 Å². The van der Waals surface area contributed by atoms with Crippen molar-refractivity contribution in [2.24, 2.45) is 0 Å². The van der Waals surface area contributed by atoms with Gasteiger partial charge in [-0.1, -0.05) is 0 Å². The summed E-state index contributed by atoms with van der Waals surface area (Å²) in [6.07, 6.45) is 0.713. The molecule has 1 aliphatic heterocycles. The average molecular weight is 236 g/mol. The first-order valence-corrected chi connectivity index (χ1v) is 5.75. The van der Waals surface area contributed by atoms with E-state index in [1.165, 1.54) is 12.1 Å². The number of fused-ring (bicyclic) bond motifs is 1. The van der Waals surface area contributed by atoms with Crippen molar-refractivity contribution in [2.45, 2.75) is 32.7 Å². The van der Waals surface area contributed by atoms with E-state index in [0.29, 0.717) is 13.0 Å². The Morgan fingerprint density at radius 3 is 2.76 bits per heavy atom. The van der Waals surface area contributed by atoms with Gasteiger partial charge in [-0.05, 0) is 51.0 Å². The number of halogens is 1. The van der Waals surface area contributed by atoms with E-state index in [-0.39, 0.29) is 17.4 Å². The van der Waals surface area contributed by atoms with Crippen molar-refractivity contribution < 1.29 is 9.18 Å². The Morgan fingerprint density at radius 2 is 2.12 bits per heavy atom. The highest BCUT2D eigenvalue weighted by Crippen LogP contribution is 2.28. The van der Waals surface area contributed by atoms with E-state index in [9.17, 15) is 9.18 Å². The van der Waals surface area contributed by atoms with Crippen LogP contribution in [-0.2, 0) is 6.42 Å². The number of benzene rings is 1. The van der Waals surface area contributed by atoms with E-state index in [1.54, 1.807) is 11.0 Å². The van der Waals surface area contributed by atoms with Gasteiger partial charge in [-0.15, -0.1) is 0 Å². The van der Waals surface area contributed by atoms with Gasteiger partial charge in [-0.2, -0.15) is 0 Å². The molecule has 0 bridgehead atoms. The van der Waals surface area contributed by atoms with Gasteiger partial charge in [0.15, 0.2) is 0 Å². The highest BCUT2D eigenvalue weighted by Gasteiger charge is 2.27. The van der Waals surface area contributed by atoms with Crippen molar-refractivity contribution in [1.82, 2.24) is 5.32 Å². The number of nitrogens with zero attached hydrogens (tertiary/aromatic N) is 1. The lowest BCUT2D eigenvalue weighted by Gasteiger charge is -2.25. The minimum absolute atomic E-state index is 0.122. The van der Waals surface area contributed by atoms with Gasteiger partial charge in [0.1, 0.15) is 5.82 Å². The van der Waals surface area contributed by atoms with Crippen LogP contribution >= 0.6 is 0 Å². The van der Waals surface area contributed by atoms with Gasteiger partial charge >= 0.3 is 6.03 Å². The molecule has 2 amide bonds. The molecule has 92 valence electrons. The number of hydrogen-bond acceptors (Lipinski definition) is 1. The molecule has 0 aliphatic carbocycles. The lowest BCUT2D eigenvalue weighted by molar-refractivity contribution is 0.238. The zero-order chi connectivity index (χ0) is 12.6. The second kappa shape index (κ2) is 4.02. The summed E-state index contributed by atoms with van der Waals surface area (Å²) in [6, 6.07) is 4.43. The number of amides is 2. The molecule has 3 nitrogen and oxygen atoms in total. The fraction of sp³-hybridized carbons (Fsp3) is 0.462. The molecule has 0 radical (unpaired) electrons. The van der Waals surface area contributed by atoms with Crippen LogP contribution < -0.4 is 10.2 Å². The fourth-order valence-electron chi connectivity index (χ4n) is 1.97. The van der Waals surface area contributed by atoms with Crippen LogP contribution in [-0.4, -0.2) is 18.1 Å². The largest absolute Gasteiger partial charge is 0.333 e. The Kier molecular flexibility index (Phi) is 2.81. The maximum Gasteiger partial charge on any atom is 0.322 e. The van der Waals surface area contributed by atoms with Crippen LogP contribution in [0.15, 0.2) is 18.2 Å². The summed E-state index contributed by atoms with van der Waals surface area (Å²) < 4.78 is 13.0. The predicted molar refractivity (Wildman–Crippen MR) is 65.7 cm³/mol. The summed E-state index contributed by atoms with van der Waals surface area (Å²) in [5, 5.41) is 2.91. The molecule has 4 heteroatoms. The molecule has 1 aromatic rings. The first-order valence-electron chi connectivity index (χ1n) is 5.75. The van der Waals surface area contributed by atoms with Gasteiger partial charge in [0.05, 0.1) is 0 Å². The topological polar surface area (TPSA) is 32.3 Å². The van der Waals surface area contributed by atoms with Gasteiger partial charge in [0, 0.05) is 17.8 Å². The van der Waals surface area contributed by atoms with Crippen LogP contribution in [0.4, 0.5) is 14.9 Å². The van der Waals surface area contributed by atoms with E-state index in [0.717, 1.165) is 11.3 Å². The van der Waals surface area contributed by atoms with Gasteiger partial charge in [0.2, 0.25) is 0 Å². The van der Waals surface area contributed by atoms with E-state index in [4.69, 9.17) is 0 Å². The quantitative estimate of drug-likeness (QED) is 0.738. The molecule has 0 aromatic heterocycles. The van der Waals surface area contributed by atoms with Gasteiger partial charge in [-0.3, -0.25) is 4.90 Å². The fourth-order valence-corrected chi connectivity index (χ4v) is 1.97. The molecule has 1 aromatic carbocycles. The third-order valence-corrected chi connectivity index (χ3v) is 2.66. The Labute approximate surface area is 101 Å². The molecule has 0 unspecified atom stereocenters. The average Bonchev–Trinajstić information content (AvgIpc) is 2.57. The standard InChI is InChI=1S/C13H17FN2O/c1-13(2,3)15-12(17)16-7-6-9-8-10(14)4-5-11(9)16/h4-5,8H,6-7H2,1-3H3,(H,15,17). The normalized spacial score (nSPS) is 14.7. The lowest BCUT2D eigenvalue weighted by Crippen LogP contribution is -2.48. The van der Waals surface area contributed by atoms with Crippen LogP contribution in [0.5, 0.6) is 0 Å². The number of rotatable bonds is 0. The van der Waals surface area contributed by atoms with Crippen LogP contribution in [0.1, 0.15) is 26.3 Å². The van der Waals surface area contributed by atoms with Crippen molar-refractivity contribution >= 4 is 11.7 Å². The third kappa shape index (κ3) is 2.57. The van der Waals surface area contributed by atoms with Crippen molar-refractivity contribution in [3.05, 3.63) is 29.6 Å². The molecule has 1 aliphatic rings. The van der Waals surface area contributed by atoms with Crippen LogP contribution in [0.25, 0.3) is 0 Å². The lowest BCUT2D eigenvalue weighted by atomic mass is 10.1. The number of carbonyl (C=O) groups is 1. The van der Waals surface area contributed by atoms with Gasteiger partial charge in [0.25, 0.3) is 0 Å².